The fourth-order valence-corrected chi connectivity index (χ4v) is 3.94. The number of carbonyl (C=O) groups is 1. The predicted molar refractivity (Wildman–Crippen MR) is 124 cm³/mol. The van der Waals surface area contributed by atoms with Crippen molar-refractivity contribution in [2.24, 2.45) is 0 Å². The Bertz CT molecular complexity index is 1450. The van der Waals surface area contributed by atoms with E-state index in [1.165, 1.54) is 23.1 Å². The molecular weight excluding hydrogens is 439 g/mol. The Balaban J connectivity index is 1.50. The summed E-state index contributed by atoms with van der Waals surface area (Å²) in [5.74, 6) is 0.945. The highest BCUT2D eigenvalue weighted by atomic mass is 19.1. The maximum Gasteiger partial charge on any atom is 0.254 e. The SMILES string of the molecule is COc1ccc2cc(CN(Cc3ccc4c(c3)OCO4)C(=O)c3cccc(F)c3)c(=O)[nH]c2c1. The van der Waals surface area contributed by atoms with Crippen LogP contribution in [-0.2, 0) is 13.1 Å². The Kier molecular flexibility index (Phi) is 5.63. The predicted octanol–water partition coefficient (Wildman–Crippen LogP) is 4.25. The van der Waals surface area contributed by atoms with Crippen LogP contribution in [0.3, 0.4) is 0 Å². The van der Waals surface area contributed by atoms with E-state index < -0.39 is 11.7 Å². The Labute approximate surface area is 194 Å². The lowest BCUT2D eigenvalue weighted by Gasteiger charge is -2.23. The highest BCUT2D eigenvalue weighted by molar-refractivity contribution is 5.94. The lowest BCUT2D eigenvalue weighted by atomic mass is 10.1. The zero-order valence-corrected chi connectivity index (χ0v) is 18.3. The summed E-state index contributed by atoms with van der Waals surface area (Å²) in [4.78, 5) is 30.6. The summed E-state index contributed by atoms with van der Waals surface area (Å²) in [6.45, 7) is 0.356. The molecule has 5 rings (SSSR count). The van der Waals surface area contributed by atoms with Gasteiger partial charge in [-0.25, -0.2) is 4.39 Å². The van der Waals surface area contributed by atoms with Gasteiger partial charge in [0.25, 0.3) is 11.5 Å². The molecule has 0 saturated heterocycles. The molecule has 0 bridgehead atoms. The average Bonchev–Trinajstić information content (AvgIpc) is 3.31. The van der Waals surface area contributed by atoms with Crippen molar-refractivity contribution < 1.29 is 23.4 Å². The molecule has 1 amide bonds. The summed E-state index contributed by atoms with van der Waals surface area (Å²) in [5.41, 5.74) is 1.71. The van der Waals surface area contributed by atoms with Crippen molar-refractivity contribution in [3.63, 3.8) is 0 Å². The second kappa shape index (κ2) is 8.90. The minimum atomic E-state index is -0.508. The van der Waals surface area contributed by atoms with Gasteiger partial charge in [-0.05, 0) is 59.5 Å². The number of amides is 1. The van der Waals surface area contributed by atoms with Crippen LogP contribution < -0.4 is 19.8 Å². The average molecular weight is 460 g/mol. The molecule has 0 spiro atoms. The van der Waals surface area contributed by atoms with Crippen LogP contribution in [0.2, 0.25) is 0 Å². The number of aromatic amines is 1. The molecule has 0 aliphatic carbocycles. The molecule has 172 valence electrons. The Morgan fingerprint density at radius 3 is 2.71 bits per heavy atom. The van der Waals surface area contributed by atoms with E-state index in [2.05, 4.69) is 4.98 Å². The van der Waals surface area contributed by atoms with Crippen LogP contribution in [0.1, 0.15) is 21.5 Å². The fraction of sp³-hybridized carbons (Fsp3) is 0.154. The summed E-state index contributed by atoms with van der Waals surface area (Å²) in [7, 11) is 1.56. The van der Waals surface area contributed by atoms with Gasteiger partial charge >= 0.3 is 0 Å². The normalized spacial score (nSPS) is 12.1. The van der Waals surface area contributed by atoms with Crippen LogP contribution in [0.5, 0.6) is 17.2 Å². The number of H-pyrrole nitrogens is 1. The van der Waals surface area contributed by atoms with Crippen molar-refractivity contribution in [2.45, 2.75) is 13.1 Å². The maximum absolute atomic E-state index is 13.8. The third-order valence-electron chi connectivity index (χ3n) is 5.66. The number of nitrogens with one attached hydrogen (secondary N) is 1. The molecule has 2 heterocycles. The van der Waals surface area contributed by atoms with Gasteiger partial charge in [-0.2, -0.15) is 0 Å². The molecule has 1 N–H and O–H groups in total. The van der Waals surface area contributed by atoms with Crippen LogP contribution in [0.25, 0.3) is 10.9 Å². The first kappa shape index (κ1) is 21.5. The summed E-state index contributed by atoms with van der Waals surface area (Å²) in [6.07, 6.45) is 0. The van der Waals surface area contributed by atoms with E-state index in [4.69, 9.17) is 14.2 Å². The first-order chi connectivity index (χ1) is 16.5. The molecule has 0 fully saturated rings. The molecule has 3 aromatic carbocycles. The zero-order valence-electron chi connectivity index (χ0n) is 18.3. The van der Waals surface area contributed by atoms with E-state index in [9.17, 15) is 14.0 Å². The minimum Gasteiger partial charge on any atom is -0.497 e. The van der Waals surface area contributed by atoms with Gasteiger partial charge in [0.1, 0.15) is 11.6 Å². The molecular formula is C26H21FN2O5. The molecule has 7 nitrogen and oxygen atoms in total. The van der Waals surface area contributed by atoms with Gasteiger partial charge < -0.3 is 24.1 Å². The summed E-state index contributed by atoms with van der Waals surface area (Å²) < 4.78 is 29.9. The first-order valence-corrected chi connectivity index (χ1v) is 10.6. The van der Waals surface area contributed by atoms with Crippen molar-refractivity contribution in [1.82, 2.24) is 9.88 Å². The molecule has 34 heavy (non-hydrogen) atoms. The van der Waals surface area contributed by atoms with Crippen molar-refractivity contribution in [1.29, 1.82) is 0 Å². The molecule has 1 aromatic heterocycles. The molecule has 1 aliphatic heterocycles. The first-order valence-electron chi connectivity index (χ1n) is 10.6. The van der Waals surface area contributed by atoms with E-state index in [1.807, 2.05) is 12.1 Å². The van der Waals surface area contributed by atoms with E-state index in [1.54, 1.807) is 43.5 Å². The molecule has 0 atom stereocenters. The van der Waals surface area contributed by atoms with Gasteiger partial charge in [0.15, 0.2) is 11.5 Å². The number of benzene rings is 3. The number of aromatic nitrogens is 1. The number of methoxy groups -OCH3 is 1. The van der Waals surface area contributed by atoms with Crippen LogP contribution in [0.4, 0.5) is 4.39 Å². The number of ether oxygens (including phenoxy) is 3. The Hall–Kier alpha value is -4.33. The van der Waals surface area contributed by atoms with Gasteiger partial charge in [0.2, 0.25) is 6.79 Å². The fourth-order valence-electron chi connectivity index (χ4n) is 3.94. The molecule has 0 saturated carbocycles. The lowest BCUT2D eigenvalue weighted by Crippen LogP contribution is -2.32. The third-order valence-corrected chi connectivity index (χ3v) is 5.66. The quantitative estimate of drug-likeness (QED) is 0.465. The van der Waals surface area contributed by atoms with Crippen molar-refractivity contribution in [2.75, 3.05) is 13.9 Å². The van der Waals surface area contributed by atoms with Crippen LogP contribution in [0.15, 0.2) is 71.5 Å². The maximum atomic E-state index is 13.8. The van der Waals surface area contributed by atoms with Gasteiger partial charge in [-0.1, -0.05) is 12.1 Å². The van der Waals surface area contributed by atoms with E-state index in [0.29, 0.717) is 28.3 Å². The molecule has 1 aliphatic rings. The second-order valence-corrected chi connectivity index (χ2v) is 7.94. The number of rotatable bonds is 6. The van der Waals surface area contributed by atoms with E-state index >= 15 is 0 Å². The highest BCUT2D eigenvalue weighted by Gasteiger charge is 2.21. The standard InChI is InChI=1S/C26H21FN2O5/c1-32-21-7-6-17-10-19(25(30)28-22(17)12-21)14-29(26(31)18-3-2-4-20(27)11-18)13-16-5-8-23-24(9-16)34-15-33-23/h2-12H,13-15H2,1H3,(H,28,30). The summed E-state index contributed by atoms with van der Waals surface area (Å²) in [5, 5.41) is 0.802. The van der Waals surface area contributed by atoms with Gasteiger partial charge in [0.05, 0.1) is 19.2 Å². The zero-order chi connectivity index (χ0) is 23.7. The van der Waals surface area contributed by atoms with Crippen LogP contribution >= 0.6 is 0 Å². The number of hydrogen-bond donors (Lipinski definition) is 1. The van der Waals surface area contributed by atoms with Gasteiger partial charge in [0, 0.05) is 23.7 Å². The number of nitrogens with zero attached hydrogens (tertiary/aromatic N) is 1. The van der Waals surface area contributed by atoms with E-state index in [0.717, 1.165) is 10.9 Å². The second-order valence-electron chi connectivity index (χ2n) is 7.94. The van der Waals surface area contributed by atoms with Crippen molar-refractivity contribution in [3.8, 4) is 17.2 Å². The number of fused-ring (bicyclic) bond motifs is 2. The van der Waals surface area contributed by atoms with Gasteiger partial charge in [-0.3, -0.25) is 9.59 Å². The number of carbonyl (C=O) groups excluding carboxylic acids is 1. The number of halogens is 1. The van der Waals surface area contributed by atoms with Crippen molar-refractivity contribution in [3.05, 3.63) is 99.6 Å². The van der Waals surface area contributed by atoms with Gasteiger partial charge in [-0.15, -0.1) is 0 Å². The van der Waals surface area contributed by atoms with Crippen LogP contribution in [0, 0.1) is 5.82 Å². The summed E-state index contributed by atoms with van der Waals surface area (Å²) >= 11 is 0. The summed E-state index contributed by atoms with van der Waals surface area (Å²) in [6, 6.07) is 18.0. The van der Waals surface area contributed by atoms with Crippen molar-refractivity contribution >= 4 is 16.8 Å². The molecule has 0 unspecified atom stereocenters. The van der Waals surface area contributed by atoms with Crippen LogP contribution in [-0.4, -0.2) is 29.7 Å². The van der Waals surface area contributed by atoms with E-state index in [-0.39, 0.29) is 31.0 Å². The molecule has 0 radical (unpaired) electrons. The molecule has 8 heteroatoms. The molecule has 4 aromatic rings. The lowest BCUT2D eigenvalue weighted by molar-refractivity contribution is 0.0728. The topological polar surface area (TPSA) is 80.9 Å². The largest absolute Gasteiger partial charge is 0.497 e. The number of pyridine rings is 1. The minimum absolute atomic E-state index is 0.0289. The third kappa shape index (κ3) is 4.30. The monoisotopic (exact) mass is 460 g/mol. The Morgan fingerprint density at radius 1 is 1.03 bits per heavy atom. The smallest absolute Gasteiger partial charge is 0.254 e. The Morgan fingerprint density at radius 2 is 1.88 bits per heavy atom. The number of hydrogen-bond acceptors (Lipinski definition) is 5. The highest BCUT2D eigenvalue weighted by Crippen LogP contribution is 2.33.